The van der Waals surface area contributed by atoms with Crippen molar-refractivity contribution in [1.29, 1.82) is 0 Å². The summed E-state index contributed by atoms with van der Waals surface area (Å²) in [7, 11) is 0. The first-order chi connectivity index (χ1) is 16.7. The van der Waals surface area contributed by atoms with E-state index in [-0.39, 0.29) is 33.1 Å². The third-order valence-electron chi connectivity index (χ3n) is 4.77. The molecular weight excluding hydrogens is 603 g/mol. The molecule has 5 nitrogen and oxygen atoms in total. The molecule has 0 aliphatic carbocycles. The molecule has 0 spiro atoms. The number of hydrogen-bond donors (Lipinski definition) is 2. The van der Waals surface area contributed by atoms with Gasteiger partial charge in [0.05, 0.1) is 10.7 Å². The van der Waals surface area contributed by atoms with Gasteiger partial charge in [0.1, 0.15) is 6.61 Å². The molecule has 0 aliphatic heterocycles. The topological polar surface area (TPSA) is 67.4 Å². The number of hydrogen-bond acceptors (Lipinski definition) is 3. The maximum Gasteiger partial charge on any atom is 0.435 e. The molecule has 37 heavy (non-hydrogen) atoms. The highest BCUT2D eigenvalue weighted by Gasteiger charge is 2.73. The summed E-state index contributed by atoms with van der Waals surface area (Å²) in [4.78, 5) is 24.7. The van der Waals surface area contributed by atoms with Crippen LogP contribution in [0.3, 0.4) is 0 Å². The normalized spacial score (nSPS) is 12.8. The van der Waals surface area contributed by atoms with E-state index in [0.29, 0.717) is 12.1 Å². The van der Waals surface area contributed by atoms with Crippen LogP contribution in [-0.2, 0) is 10.4 Å². The molecule has 2 amide bonds. The van der Waals surface area contributed by atoms with Crippen molar-refractivity contribution in [2.24, 2.45) is 0 Å². The number of nitrogens with one attached hydrogen (secondary N) is 2. The van der Waals surface area contributed by atoms with Crippen LogP contribution in [0.5, 0.6) is 0 Å². The van der Waals surface area contributed by atoms with Gasteiger partial charge in [-0.05, 0) is 43.2 Å². The lowest BCUT2D eigenvalue weighted by Crippen LogP contribution is -2.50. The van der Waals surface area contributed by atoms with Crippen molar-refractivity contribution in [3.63, 3.8) is 0 Å². The van der Waals surface area contributed by atoms with E-state index in [0.717, 1.165) is 13.8 Å². The number of rotatable bonds is 5. The van der Waals surface area contributed by atoms with Gasteiger partial charge in [0.25, 0.3) is 5.91 Å². The zero-order chi connectivity index (χ0) is 28.6. The van der Waals surface area contributed by atoms with Gasteiger partial charge in [0.2, 0.25) is 3.79 Å². The molecule has 0 saturated carbocycles. The molecule has 0 heterocycles. The highest BCUT2D eigenvalue weighted by atomic mass is 35.6. The van der Waals surface area contributed by atoms with Crippen LogP contribution >= 0.6 is 46.4 Å². The van der Waals surface area contributed by atoms with Gasteiger partial charge < -0.3 is 10.1 Å². The van der Waals surface area contributed by atoms with Gasteiger partial charge in [-0.25, -0.2) is 9.18 Å². The van der Waals surface area contributed by atoms with Crippen LogP contribution < -0.4 is 10.6 Å². The van der Waals surface area contributed by atoms with Crippen LogP contribution in [0, 0.1) is 13.8 Å². The molecule has 0 bridgehead atoms. The summed E-state index contributed by atoms with van der Waals surface area (Å²) in [5.74, 6) is -0.947. The molecule has 0 radical (unpaired) electrons. The number of anilines is 2. The first-order valence-electron chi connectivity index (χ1n) is 9.73. The fourth-order valence-electron chi connectivity index (χ4n) is 3.19. The average molecular weight is 618 g/mol. The Morgan fingerprint density at radius 1 is 0.865 bits per heavy atom. The molecule has 0 unspecified atom stereocenters. The van der Waals surface area contributed by atoms with Crippen molar-refractivity contribution >= 4 is 69.8 Å². The lowest BCUT2D eigenvalue weighted by molar-refractivity contribution is -0.348. The van der Waals surface area contributed by atoms with E-state index in [1.165, 1.54) is 18.2 Å². The minimum atomic E-state index is -6.31. The summed E-state index contributed by atoms with van der Waals surface area (Å²) < 4.78 is 96.0. The minimum Gasteiger partial charge on any atom is -0.445 e. The van der Waals surface area contributed by atoms with Crippen LogP contribution in [0.2, 0.25) is 5.02 Å². The van der Waals surface area contributed by atoms with Gasteiger partial charge in [-0.1, -0.05) is 58.5 Å². The summed E-state index contributed by atoms with van der Waals surface area (Å²) in [5.41, 5.74) is -8.43. The summed E-state index contributed by atoms with van der Waals surface area (Å²) in [5, 5.41) is 4.60. The van der Waals surface area contributed by atoms with Crippen molar-refractivity contribution in [1.82, 2.24) is 0 Å². The molecule has 0 atom stereocenters. The van der Waals surface area contributed by atoms with E-state index < -0.39 is 46.0 Å². The first kappa shape index (κ1) is 31.1. The monoisotopic (exact) mass is 616 g/mol. The second-order valence-electron chi connectivity index (χ2n) is 7.60. The van der Waals surface area contributed by atoms with Crippen LogP contribution in [0.25, 0.3) is 0 Å². The first-order valence-corrected chi connectivity index (χ1v) is 11.2. The Balaban J connectivity index is 2.34. The Bertz CT molecular complexity index is 1160. The van der Waals surface area contributed by atoms with Crippen LogP contribution in [0.1, 0.15) is 27.0 Å². The number of halogens is 11. The number of amides is 2. The van der Waals surface area contributed by atoms with Crippen molar-refractivity contribution in [2.45, 2.75) is 35.7 Å². The van der Waals surface area contributed by atoms with Crippen LogP contribution in [0.4, 0.5) is 46.9 Å². The summed E-state index contributed by atoms with van der Waals surface area (Å²) >= 11 is 22.4. The highest BCUT2D eigenvalue weighted by molar-refractivity contribution is 6.67. The van der Waals surface area contributed by atoms with Crippen molar-refractivity contribution in [2.75, 3.05) is 17.2 Å². The molecule has 2 aromatic carbocycles. The van der Waals surface area contributed by atoms with Crippen molar-refractivity contribution < 1.29 is 45.1 Å². The third kappa shape index (κ3) is 7.24. The van der Waals surface area contributed by atoms with Gasteiger partial charge in [-0.2, -0.15) is 26.3 Å². The van der Waals surface area contributed by atoms with E-state index in [4.69, 9.17) is 51.1 Å². The standard InChI is InChI=1S/C21H15Cl4F7N2O3/c1-9-5-11(19(26,20(27,28)29)21(30,31)32)6-10(2)15(9)16(35)33-12-3-4-13(22)14(7-12)34-17(36)37-8-18(23,24)25/h3-7H,8H2,1-2H3,(H,33,35)(H,34,36). The molecule has 0 aromatic heterocycles. The zero-order valence-electron chi connectivity index (χ0n) is 18.5. The largest absolute Gasteiger partial charge is 0.445 e. The van der Waals surface area contributed by atoms with Gasteiger partial charge in [0.15, 0.2) is 0 Å². The molecule has 0 saturated heterocycles. The zero-order valence-corrected chi connectivity index (χ0v) is 21.5. The van der Waals surface area contributed by atoms with Crippen molar-refractivity contribution in [3.05, 3.63) is 57.6 Å². The smallest absolute Gasteiger partial charge is 0.435 e. The molecular formula is C21H15Cl4F7N2O3. The Labute approximate surface area is 225 Å². The van der Waals surface area contributed by atoms with Crippen LogP contribution in [-0.4, -0.2) is 34.8 Å². The average Bonchev–Trinajstić information content (AvgIpc) is 2.71. The van der Waals surface area contributed by atoms with Crippen molar-refractivity contribution in [3.8, 4) is 0 Å². The Morgan fingerprint density at radius 3 is 1.84 bits per heavy atom. The third-order valence-corrected chi connectivity index (χ3v) is 5.42. The molecule has 16 heteroatoms. The predicted octanol–water partition coefficient (Wildman–Crippen LogP) is 8.42. The number of carbonyl (C=O) groups is 2. The summed E-state index contributed by atoms with van der Waals surface area (Å²) in [6, 6.07) is 4.33. The molecule has 2 aromatic rings. The maximum atomic E-state index is 14.5. The Morgan fingerprint density at radius 2 is 1.38 bits per heavy atom. The number of aryl methyl sites for hydroxylation is 2. The van der Waals surface area contributed by atoms with E-state index in [9.17, 15) is 40.3 Å². The molecule has 2 rings (SSSR count). The fraction of sp³-hybridized carbons (Fsp3) is 0.333. The predicted molar refractivity (Wildman–Crippen MR) is 125 cm³/mol. The quantitative estimate of drug-likeness (QED) is 0.261. The Kier molecular flexibility index (Phi) is 9.17. The molecule has 2 N–H and O–H groups in total. The van der Waals surface area contributed by atoms with Crippen LogP contribution in [0.15, 0.2) is 30.3 Å². The SMILES string of the molecule is Cc1cc(C(F)(C(F)(F)F)C(F)(F)F)cc(C)c1C(=O)Nc1ccc(Cl)c(NC(=O)OCC(Cl)(Cl)Cl)c1. The lowest BCUT2D eigenvalue weighted by atomic mass is 9.88. The molecule has 0 fully saturated rings. The molecule has 204 valence electrons. The maximum absolute atomic E-state index is 14.5. The van der Waals surface area contributed by atoms with E-state index >= 15 is 0 Å². The van der Waals surface area contributed by atoms with E-state index in [1.54, 1.807) is 0 Å². The van der Waals surface area contributed by atoms with Gasteiger partial charge in [-0.15, -0.1) is 0 Å². The number of carbonyl (C=O) groups excluding carboxylic acids is 2. The van der Waals surface area contributed by atoms with Gasteiger partial charge in [-0.3, -0.25) is 10.1 Å². The Hall–Kier alpha value is -2.15. The highest BCUT2D eigenvalue weighted by Crippen LogP contribution is 2.53. The number of ether oxygens (including phenoxy) is 1. The molecule has 0 aliphatic rings. The second-order valence-corrected chi connectivity index (χ2v) is 10.5. The summed E-state index contributed by atoms with van der Waals surface area (Å²) in [6.45, 7) is 1.50. The minimum absolute atomic E-state index is 0.000802. The summed E-state index contributed by atoms with van der Waals surface area (Å²) in [6.07, 6.45) is -13.7. The lowest BCUT2D eigenvalue weighted by Gasteiger charge is -2.31. The second kappa shape index (κ2) is 10.9. The fourth-order valence-corrected chi connectivity index (χ4v) is 3.52. The van der Waals surface area contributed by atoms with E-state index in [2.05, 4.69) is 10.6 Å². The number of alkyl halides is 10. The van der Waals surface area contributed by atoms with Gasteiger partial charge >= 0.3 is 24.1 Å². The number of benzene rings is 2. The van der Waals surface area contributed by atoms with Gasteiger partial charge in [0, 0.05) is 16.8 Å². The van der Waals surface area contributed by atoms with E-state index in [1.807, 2.05) is 0 Å².